The lowest BCUT2D eigenvalue weighted by molar-refractivity contribution is -0.118. The van der Waals surface area contributed by atoms with E-state index in [0.29, 0.717) is 5.56 Å². The molecule has 1 aromatic carbocycles. The third kappa shape index (κ3) is 5.74. The zero-order valence-corrected chi connectivity index (χ0v) is 12.7. The van der Waals surface area contributed by atoms with E-state index in [1.54, 1.807) is 13.8 Å². The molecule has 1 rings (SSSR count). The summed E-state index contributed by atoms with van der Waals surface area (Å²) in [4.78, 5) is 11.6. The van der Waals surface area contributed by atoms with Crippen LogP contribution >= 0.6 is 0 Å². The summed E-state index contributed by atoms with van der Waals surface area (Å²) in [6, 6.07) is 3.64. The first-order valence-corrected chi connectivity index (χ1v) is 7.71. The van der Waals surface area contributed by atoms with Crippen LogP contribution in [0.1, 0.15) is 22.3 Å². The van der Waals surface area contributed by atoms with Gasteiger partial charge in [-0.1, -0.05) is 17.7 Å². The van der Waals surface area contributed by atoms with Crippen molar-refractivity contribution < 1.29 is 26.4 Å². The molecule has 0 aliphatic carbocycles. The maximum Gasteiger partial charge on any atom is 0.404 e. The molecule has 1 aromatic rings. The maximum atomic E-state index is 12.1. The van der Waals surface area contributed by atoms with Crippen LogP contribution < -0.4 is 4.72 Å². The molecule has 0 bridgehead atoms. The van der Waals surface area contributed by atoms with E-state index in [4.69, 9.17) is 0 Å². The number of amides is 1. The fraction of sp³-hybridized carbons (Fsp3) is 0.462. The van der Waals surface area contributed by atoms with Gasteiger partial charge in [-0.3, -0.25) is 9.52 Å². The first kappa shape index (κ1) is 17.5. The molecule has 1 N–H and O–H groups in total. The number of benzene rings is 1. The molecule has 1 amide bonds. The van der Waals surface area contributed by atoms with Crippen LogP contribution in [0.4, 0.5) is 13.2 Å². The summed E-state index contributed by atoms with van der Waals surface area (Å²) in [5.74, 6) is -3.05. The average Bonchev–Trinajstić information content (AvgIpc) is 2.18. The van der Waals surface area contributed by atoms with Crippen LogP contribution in [-0.2, 0) is 21.2 Å². The SMILES string of the molecule is Cc1cc(C)c(CC(=O)NS(=O)(=O)CC(F)(F)F)c(C)c1. The van der Waals surface area contributed by atoms with Gasteiger partial charge in [0.1, 0.15) is 0 Å². The molecule has 0 atom stereocenters. The van der Waals surface area contributed by atoms with Gasteiger partial charge < -0.3 is 0 Å². The van der Waals surface area contributed by atoms with E-state index in [1.807, 2.05) is 19.1 Å². The molecule has 0 aromatic heterocycles. The van der Waals surface area contributed by atoms with Crippen LogP contribution in [0.5, 0.6) is 0 Å². The number of hydrogen-bond donors (Lipinski definition) is 1. The van der Waals surface area contributed by atoms with Gasteiger partial charge in [-0.2, -0.15) is 13.2 Å². The van der Waals surface area contributed by atoms with Gasteiger partial charge in [-0.05, 0) is 37.5 Å². The van der Waals surface area contributed by atoms with Crippen molar-refractivity contribution in [1.29, 1.82) is 0 Å². The Kier molecular flexibility index (Phi) is 5.03. The van der Waals surface area contributed by atoms with Crippen molar-refractivity contribution in [2.45, 2.75) is 33.4 Å². The largest absolute Gasteiger partial charge is 0.404 e. The Hall–Kier alpha value is -1.57. The molecule has 0 heterocycles. The molecule has 0 aliphatic rings. The number of hydrogen-bond acceptors (Lipinski definition) is 3. The van der Waals surface area contributed by atoms with E-state index in [2.05, 4.69) is 0 Å². The zero-order chi connectivity index (χ0) is 16.4. The highest BCUT2D eigenvalue weighted by Gasteiger charge is 2.35. The Morgan fingerprint density at radius 2 is 1.62 bits per heavy atom. The van der Waals surface area contributed by atoms with E-state index in [9.17, 15) is 26.4 Å². The van der Waals surface area contributed by atoms with Gasteiger partial charge in [0.2, 0.25) is 15.9 Å². The van der Waals surface area contributed by atoms with E-state index in [-0.39, 0.29) is 6.42 Å². The molecule has 4 nitrogen and oxygen atoms in total. The molecule has 0 saturated heterocycles. The van der Waals surface area contributed by atoms with Crippen LogP contribution in [0.25, 0.3) is 0 Å². The molecule has 0 aliphatic heterocycles. The second-order valence-corrected chi connectivity index (χ2v) is 6.68. The van der Waals surface area contributed by atoms with Gasteiger partial charge in [0.25, 0.3) is 0 Å². The van der Waals surface area contributed by atoms with Gasteiger partial charge in [0.15, 0.2) is 5.75 Å². The number of alkyl halides is 3. The van der Waals surface area contributed by atoms with Crippen LogP contribution in [-0.4, -0.2) is 26.3 Å². The predicted octanol–water partition coefficient (Wildman–Crippen LogP) is 2.16. The number of rotatable bonds is 4. The minimum Gasteiger partial charge on any atom is -0.274 e. The monoisotopic (exact) mass is 323 g/mol. The third-order valence-electron chi connectivity index (χ3n) is 2.80. The summed E-state index contributed by atoms with van der Waals surface area (Å²) in [5.41, 5.74) is 3.17. The Labute approximate surface area is 121 Å². The van der Waals surface area contributed by atoms with Gasteiger partial charge in [-0.25, -0.2) is 8.42 Å². The minimum absolute atomic E-state index is 0.283. The van der Waals surface area contributed by atoms with Gasteiger partial charge >= 0.3 is 6.18 Å². The van der Waals surface area contributed by atoms with Crippen LogP contribution in [0.2, 0.25) is 0 Å². The van der Waals surface area contributed by atoms with E-state index in [0.717, 1.165) is 16.7 Å². The Balaban J connectivity index is 2.84. The average molecular weight is 323 g/mol. The van der Waals surface area contributed by atoms with Crippen LogP contribution in [0, 0.1) is 20.8 Å². The van der Waals surface area contributed by atoms with Gasteiger partial charge in [0.05, 0.1) is 6.42 Å². The fourth-order valence-electron chi connectivity index (χ4n) is 2.11. The predicted molar refractivity (Wildman–Crippen MR) is 72.3 cm³/mol. The highest BCUT2D eigenvalue weighted by molar-refractivity contribution is 7.90. The number of nitrogens with one attached hydrogen (secondary N) is 1. The van der Waals surface area contributed by atoms with Gasteiger partial charge in [-0.15, -0.1) is 0 Å². The number of carbonyl (C=O) groups excluding carboxylic acids is 1. The first-order valence-electron chi connectivity index (χ1n) is 6.06. The quantitative estimate of drug-likeness (QED) is 0.923. The van der Waals surface area contributed by atoms with Crippen molar-refractivity contribution in [3.63, 3.8) is 0 Å². The molecular weight excluding hydrogens is 307 g/mol. The second-order valence-electron chi connectivity index (χ2n) is 4.95. The molecule has 0 spiro atoms. The molecule has 0 unspecified atom stereocenters. The summed E-state index contributed by atoms with van der Waals surface area (Å²) in [6.07, 6.45) is -5.17. The normalized spacial score (nSPS) is 12.3. The number of carbonyl (C=O) groups is 1. The molecule has 21 heavy (non-hydrogen) atoms. The van der Waals surface area contributed by atoms with Crippen molar-refractivity contribution in [2.75, 3.05) is 5.75 Å². The van der Waals surface area contributed by atoms with E-state index in [1.165, 1.54) is 4.72 Å². The van der Waals surface area contributed by atoms with Crippen LogP contribution in [0.3, 0.4) is 0 Å². The van der Waals surface area contributed by atoms with Crippen molar-refractivity contribution in [2.24, 2.45) is 0 Å². The third-order valence-corrected chi connectivity index (χ3v) is 4.05. The van der Waals surface area contributed by atoms with Crippen LogP contribution in [0.15, 0.2) is 12.1 Å². The van der Waals surface area contributed by atoms with Crippen molar-refractivity contribution in [3.8, 4) is 0 Å². The maximum absolute atomic E-state index is 12.1. The van der Waals surface area contributed by atoms with E-state index >= 15 is 0 Å². The minimum atomic E-state index is -4.89. The Morgan fingerprint density at radius 1 is 1.14 bits per heavy atom. The summed E-state index contributed by atoms with van der Waals surface area (Å²) in [6.45, 7) is 5.39. The number of aryl methyl sites for hydroxylation is 3. The smallest absolute Gasteiger partial charge is 0.274 e. The molecule has 8 heteroatoms. The topological polar surface area (TPSA) is 63.2 Å². The second kappa shape index (κ2) is 6.05. The molecule has 118 valence electrons. The van der Waals surface area contributed by atoms with Crippen molar-refractivity contribution in [1.82, 2.24) is 4.72 Å². The van der Waals surface area contributed by atoms with Gasteiger partial charge in [0, 0.05) is 0 Å². The standard InChI is InChI=1S/C13H16F3NO3S/c1-8-4-9(2)11(10(3)5-8)6-12(18)17-21(19,20)7-13(14,15)16/h4-5H,6-7H2,1-3H3,(H,17,18). The van der Waals surface area contributed by atoms with Crippen molar-refractivity contribution >= 4 is 15.9 Å². The molecule has 0 radical (unpaired) electrons. The lowest BCUT2D eigenvalue weighted by Crippen LogP contribution is -2.38. The zero-order valence-electron chi connectivity index (χ0n) is 11.8. The Morgan fingerprint density at radius 3 is 2.05 bits per heavy atom. The molecule has 0 saturated carbocycles. The highest BCUT2D eigenvalue weighted by atomic mass is 32.2. The Bertz CT molecular complexity index is 628. The molecular formula is C13H16F3NO3S. The first-order chi connectivity index (χ1) is 9.39. The number of halogens is 3. The van der Waals surface area contributed by atoms with Crippen molar-refractivity contribution in [3.05, 3.63) is 34.4 Å². The summed E-state index contributed by atoms with van der Waals surface area (Å²) < 4.78 is 60.1. The number of sulfonamides is 1. The highest BCUT2D eigenvalue weighted by Crippen LogP contribution is 2.18. The summed E-state index contributed by atoms with van der Waals surface area (Å²) in [7, 11) is -4.72. The lowest BCUT2D eigenvalue weighted by Gasteiger charge is -2.12. The molecule has 0 fully saturated rings. The summed E-state index contributed by atoms with van der Waals surface area (Å²) in [5, 5.41) is 0. The fourth-order valence-corrected chi connectivity index (χ4v) is 3.03. The summed E-state index contributed by atoms with van der Waals surface area (Å²) >= 11 is 0. The van der Waals surface area contributed by atoms with E-state index < -0.39 is 27.9 Å². The lowest BCUT2D eigenvalue weighted by atomic mass is 9.97.